The van der Waals surface area contributed by atoms with Gasteiger partial charge < -0.3 is 20.1 Å². The van der Waals surface area contributed by atoms with Gasteiger partial charge >= 0.3 is 12.1 Å². The molecule has 0 aliphatic carbocycles. The fraction of sp³-hybridized carbons (Fsp3) is 0.409. The van der Waals surface area contributed by atoms with Gasteiger partial charge in [-0.25, -0.2) is 9.78 Å². The predicted molar refractivity (Wildman–Crippen MR) is 112 cm³/mol. The van der Waals surface area contributed by atoms with Crippen molar-refractivity contribution in [2.24, 2.45) is 5.73 Å². The fourth-order valence-corrected chi connectivity index (χ4v) is 3.49. The lowest BCUT2D eigenvalue weighted by Crippen LogP contribution is -2.31. The van der Waals surface area contributed by atoms with Gasteiger partial charge in [-0.05, 0) is 56.6 Å². The topological polar surface area (TPSA) is 102 Å². The molecule has 2 heterocycles. The maximum absolute atomic E-state index is 12.9. The van der Waals surface area contributed by atoms with E-state index in [1.165, 1.54) is 37.6 Å². The third-order valence-electron chi connectivity index (χ3n) is 5.09. The molecule has 0 amide bonds. The number of nitrogens with zero attached hydrogens (tertiary/aromatic N) is 2. The zero-order valence-electron chi connectivity index (χ0n) is 17.5. The van der Waals surface area contributed by atoms with Crippen molar-refractivity contribution in [1.29, 1.82) is 5.41 Å². The molecule has 10 heteroatoms. The second-order valence-electron chi connectivity index (χ2n) is 7.48. The van der Waals surface area contributed by atoms with Crippen molar-refractivity contribution in [3.63, 3.8) is 0 Å². The van der Waals surface area contributed by atoms with Crippen molar-refractivity contribution >= 4 is 11.8 Å². The number of hydrogen-bond acceptors (Lipinski definition) is 6. The van der Waals surface area contributed by atoms with Gasteiger partial charge in [-0.15, -0.1) is 0 Å². The summed E-state index contributed by atoms with van der Waals surface area (Å²) in [6.45, 7) is 3.40. The highest BCUT2D eigenvalue weighted by molar-refractivity contribution is 6.01. The van der Waals surface area contributed by atoms with Crippen LogP contribution in [0.15, 0.2) is 36.5 Å². The SMILES string of the molecule is N=C(N)c1c(OCCCN2CCCCC2)ccnc1OC(=O)c1cccc(C(F)(F)F)c1. The molecule has 1 aromatic carbocycles. The Bertz CT molecular complexity index is 960. The number of amidine groups is 1. The number of nitrogen functional groups attached to an aromatic ring is 1. The van der Waals surface area contributed by atoms with Gasteiger partial charge in [0, 0.05) is 12.7 Å². The summed E-state index contributed by atoms with van der Waals surface area (Å²) in [6.07, 6.45) is 1.13. The van der Waals surface area contributed by atoms with E-state index in [0.29, 0.717) is 12.7 Å². The number of carbonyl (C=O) groups is 1. The lowest BCUT2D eigenvalue weighted by Gasteiger charge is -2.26. The molecule has 1 aromatic heterocycles. The van der Waals surface area contributed by atoms with Gasteiger partial charge in [0.1, 0.15) is 17.1 Å². The van der Waals surface area contributed by atoms with Gasteiger partial charge in [0.2, 0.25) is 5.88 Å². The molecule has 0 unspecified atom stereocenters. The first-order valence-electron chi connectivity index (χ1n) is 10.3. The van der Waals surface area contributed by atoms with Crippen molar-refractivity contribution in [3.05, 3.63) is 53.2 Å². The number of nitrogens with two attached hydrogens (primary N) is 1. The second kappa shape index (κ2) is 10.4. The molecule has 0 spiro atoms. The summed E-state index contributed by atoms with van der Waals surface area (Å²) in [5, 5.41) is 7.83. The van der Waals surface area contributed by atoms with E-state index < -0.39 is 23.5 Å². The number of piperidine rings is 1. The average molecular weight is 450 g/mol. The van der Waals surface area contributed by atoms with Crippen molar-refractivity contribution in [3.8, 4) is 11.6 Å². The normalized spacial score (nSPS) is 14.7. The number of nitrogens with one attached hydrogen (secondary N) is 1. The molecule has 3 N–H and O–H groups in total. The Balaban J connectivity index is 1.69. The van der Waals surface area contributed by atoms with E-state index in [9.17, 15) is 18.0 Å². The molecular weight excluding hydrogens is 425 g/mol. The molecule has 3 rings (SSSR count). The van der Waals surface area contributed by atoms with Crippen LogP contribution in [-0.2, 0) is 6.18 Å². The lowest BCUT2D eigenvalue weighted by molar-refractivity contribution is -0.137. The number of benzene rings is 1. The molecule has 0 atom stereocenters. The Labute approximate surface area is 183 Å². The molecule has 0 bridgehead atoms. The Morgan fingerprint density at radius 3 is 2.62 bits per heavy atom. The summed E-state index contributed by atoms with van der Waals surface area (Å²) in [6, 6.07) is 5.36. The van der Waals surface area contributed by atoms with E-state index in [1.54, 1.807) is 0 Å². The summed E-state index contributed by atoms with van der Waals surface area (Å²) in [5.74, 6) is -1.56. The van der Waals surface area contributed by atoms with Crippen LogP contribution in [0.2, 0.25) is 0 Å². The maximum atomic E-state index is 12.9. The van der Waals surface area contributed by atoms with Crippen LogP contribution in [0.5, 0.6) is 11.6 Å². The monoisotopic (exact) mass is 450 g/mol. The highest BCUT2D eigenvalue weighted by atomic mass is 19.4. The molecule has 1 aliphatic heterocycles. The van der Waals surface area contributed by atoms with Crippen molar-refractivity contribution < 1.29 is 27.4 Å². The highest BCUT2D eigenvalue weighted by Crippen LogP contribution is 2.30. The molecule has 1 saturated heterocycles. The Hall–Kier alpha value is -3.14. The number of rotatable bonds is 8. The van der Waals surface area contributed by atoms with Crippen molar-refractivity contribution in [2.45, 2.75) is 31.9 Å². The summed E-state index contributed by atoms with van der Waals surface area (Å²) in [5.41, 5.74) is 4.35. The van der Waals surface area contributed by atoms with Gasteiger partial charge in [0.25, 0.3) is 0 Å². The predicted octanol–water partition coefficient (Wildman–Crippen LogP) is 3.86. The Morgan fingerprint density at radius 1 is 1.19 bits per heavy atom. The summed E-state index contributed by atoms with van der Waals surface area (Å²) >= 11 is 0. The molecule has 1 aliphatic rings. The van der Waals surface area contributed by atoms with Crippen LogP contribution in [0.1, 0.15) is 47.2 Å². The molecule has 0 saturated carbocycles. The second-order valence-corrected chi connectivity index (χ2v) is 7.48. The largest absolute Gasteiger partial charge is 0.493 e. The first kappa shape index (κ1) is 23.5. The van der Waals surface area contributed by atoms with Crippen LogP contribution in [0.4, 0.5) is 13.2 Å². The fourth-order valence-electron chi connectivity index (χ4n) is 3.49. The van der Waals surface area contributed by atoms with Gasteiger partial charge in [-0.1, -0.05) is 12.5 Å². The van der Waals surface area contributed by atoms with E-state index in [-0.39, 0.29) is 22.8 Å². The number of alkyl halides is 3. The Kier molecular flexibility index (Phi) is 7.68. The van der Waals surface area contributed by atoms with E-state index in [4.69, 9.17) is 20.6 Å². The molecule has 32 heavy (non-hydrogen) atoms. The number of halogens is 3. The van der Waals surface area contributed by atoms with Crippen molar-refractivity contribution in [2.75, 3.05) is 26.2 Å². The minimum absolute atomic E-state index is 0.0224. The molecule has 1 fully saturated rings. The van der Waals surface area contributed by atoms with E-state index in [2.05, 4.69) is 9.88 Å². The van der Waals surface area contributed by atoms with Crippen LogP contribution in [0.3, 0.4) is 0 Å². The van der Waals surface area contributed by atoms with Crippen molar-refractivity contribution in [1.82, 2.24) is 9.88 Å². The number of hydrogen-bond donors (Lipinski definition) is 2. The number of carbonyl (C=O) groups excluding carboxylic acids is 1. The van der Waals surface area contributed by atoms with Crippen LogP contribution in [0.25, 0.3) is 0 Å². The standard InChI is InChI=1S/C22H25F3N4O3/c23-22(24,25)16-7-4-6-15(14-16)21(30)32-20-18(19(26)27)17(8-9-28-20)31-13-5-12-29-10-2-1-3-11-29/h4,6-9,14H,1-3,5,10-13H2,(H3,26,27). The van der Waals surface area contributed by atoms with E-state index in [0.717, 1.165) is 38.2 Å². The number of ether oxygens (including phenoxy) is 2. The van der Waals surface area contributed by atoms with Crippen LogP contribution >= 0.6 is 0 Å². The third kappa shape index (κ3) is 6.19. The van der Waals surface area contributed by atoms with Gasteiger partial charge in [0.05, 0.1) is 17.7 Å². The number of esters is 1. The number of aromatic nitrogens is 1. The molecular formula is C22H25F3N4O3. The summed E-state index contributed by atoms with van der Waals surface area (Å²) < 4.78 is 49.7. The minimum atomic E-state index is -4.60. The summed E-state index contributed by atoms with van der Waals surface area (Å²) in [7, 11) is 0. The van der Waals surface area contributed by atoms with Crippen LogP contribution in [-0.4, -0.2) is 47.9 Å². The number of likely N-dealkylation sites (tertiary alicyclic amines) is 1. The van der Waals surface area contributed by atoms with Crippen LogP contribution < -0.4 is 15.2 Å². The molecule has 2 aromatic rings. The van der Waals surface area contributed by atoms with E-state index >= 15 is 0 Å². The zero-order chi connectivity index (χ0) is 23.1. The number of pyridine rings is 1. The smallest absolute Gasteiger partial charge is 0.416 e. The zero-order valence-corrected chi connectivity index (χ0v) is 17.5. The summed E-state index contributed by atoms with van der Waals surface area (Å²) in [4.78, 5) is 18.7. The van der Waals surface area contributed by atoms with Gasteiger partial charge in [-0.3, -0.25) is 5.41 Å². The molecule has 172 valence electrons. The molecule has 0 radical (unpaired) electrons. The minimum Gasteiger partial charge on any atom is -0.493 e. The average Bonchev–Trinajstić information content (AvgIpc) is 2.77. The molecule has 7 nitrogen and oxygen atoms in total. The van der Waals surface area contributed by atoms with Gasteiger partial charge in [-0.2, -0.15) is 13.2 Å². The quantitative estimate of drug-likeness (QED) is 0.274. The Morgan fingerprint density at radius 2 is 1.94 bits per heavy atom. The highest BCUT2D eigenvalue weighted by Gasteiger charge is 2.31. The van der Waals surface area contributed by atoms with Gasteiger partial charge in [0.15, 0.2) is 0 Å². The lowest BCUT2D eigenvalue weighted by atomic mass is 10.1. The van der Waals surface area contributed by atoms with E-state index in [1.807, 2.05) is 0 Å². The maximum Gasteiger partial charge on any atom is 0.416 e. The first-order chi connectivity index (χ1) is 15.3. The first-order valence-corrected chi connectivity index (χ1v) is 10.3. The third-order valence-corrected chi connectivity index (χ3v) is 5.09. The van der Waals surface area contributed by atoms with Crippen LogP contribution in [0, 0.1) is 5.41 Å².